The number of nitrogens with one attached hydrogen (secondary N) is 1. The van der Waals surface area contributed by atoms with Crippen LogP contribution in [0.4, 0.5) is 0 Å². The summed E-state index contributed by atoms with van der Waals surface area (Å²) in [6.45, 7) is 5.37. The van der Waals surface area contributed by atoms with Gasteiger partial charge in [-0.05, 0) is 36.8 Å². The summed E-state index contributed by atoms with van der Waals surface area (Å²) in [5.41, 5.74) is 1.11. The second-order valence-corrected chi connectivity index (χ2v) is 6.16. The Morgan fingerprint density at radius 3 is 2.67 bits per heavy atom. The van der Waals surface area contributed by atoms with Gasteiger partial charge in [0.1, 0.15) is 0 Å². The Kier molecular flexibility index (Phi) is 8.16. The smallest absolute Gasteiger partial charge is 0.0640 e. The molecule has 0 amide bonds. The number of benzene rings is 1. The lowest BCUT2D eigenvalue weighted by Crippen LogP contribution is -2.24. The van der Waals surface area contributed by atoms with Gasteiger partial charge in [-0.3, -0.25) is 0 Å². The predicted molar refractivity (Wildman–Crippen MR) is 85.1 cm³/mol. The molecule has 1 N–H and O–H groups in total. The Labute approximate surface area is 125 Å². The summed E-state index contributed by atoms with van der Waals surface area (Å²) >= 11 is 14.3. The van der Waals surface area contributed by atoms with Crippen LogP contribution >= 0.6 is 35.0 Å². The first-order valence-electron chi connectivity index (χ1n) is 6.45. The highest BCUT2D eigenvalue weighted by atomic mass is 35.5. The first-order chi connectivity index (χ1) is 8.70. The van der Waals surface area contributed by atoms with Crippen molar-refractivity contribution in [2.45, 2.75) is 32.7 Å². The Morgan fingerprint density at radius 2 is 2.00 bits per heavy atom. The van der Waals surface area contributed by atoms with Gasteiger partial charge in [0, 0.05) is 11.8 Å². The van der Waals surface area contributed by atoms with Crippen molar-refractivity contribution in [3.63, 3.8) is 0 Å². The van der Waals surface area contributed by atoms with Gasteiger partial charge in [-0.15, -0.1) is 0 Å². The molecule has 0 radical (unpaired) electrons. The van der Waals surface area contributed by atoms with Gasteiger partial charge >= 0.3 is 0 Å². The van der Waals surface area contributed by atoms with Crippen LogP contribution < -0.4 is 5.32 Å². The van der Waals surface area contributed by atoms with Crippen LogP contribution in [0.2, 0.25) is 10.0 Å². The van der Waals surface area contributed by atoms with Crippen LogP contribution in [0.1, 0.15) is 38.3 Å². The van der Waals surface area contributed by atoms with Crippen LogP contribution in [-0.4, -0.2) is 18.1 Å². The summed E-state index contributed by atoms with van der Waals surface area (Å²) in [6.07, 6.45) is 2.32. The van der Waals surface area contributed by atoms with Gasteiger partial charge in [-0.2, -0.15) is 11.8 Å². The second kappa shape index (κ2) is 9.08. The van der Waals surface area contributed by atoms with E-state index in [0.29, 0.717) is 10.0 Å². The van der Waals surface area contributed by atoms with Crippen molar-refractivity contribution in [2.24, 2.45) is 0 Å². The normalized spacial score (nSPS) is 12.7. The monoisotopic (exact) mass is 305 g/mol. The molecule has 0 saturated heterocycles. The summed E-state index contributed by atoms with van der Waals surface area (Å²) in [6, 6.07) is 6.15. The molecule has 4 heteroatoms. The Morgan fingerprint density at radius 1 is 1.22 bits per heavy atom. The third-order valence-electron chi connectivity index (χ3n) is 2.63. The fraction of sp³-hybridized carbons (Fsp3) is 0.571. The van der Waals surface area contributed by atoms with E-state index in [1.165, 1.54) is 12.2 Å². The minimum Gasteiger partial charge on any atom is -0.309 e. The molecule has 18 heavy (non-hydrogen) atoms. The zero-order valence-corrected chi connectivity index (χ0v) is 13.3. The van der Waals surface area contributed by atoms with Crippen LogP contribution in [0.15, 0.2) is 18.2 Å². The average Bonchev–Trinajstić information content (AvgIpc) is 2.37. The molecule has 0 aliphatic rings. The largest absolute Gasteiger partial charge is 0.309 e. The number of thioether (sulfide) groups is 1. The highest BCUT2D eigenvalue weighted by Gasteiger charge is 2.15. The van der Waals surface area contributed by atoms with Crippen molar-refractivity contribution in [1.82, 2.24) is 5.32 Å². The Bertz CT molecular complexity index is 358. The van der Waals surface area contributed by atoms with Crippen LogP contribution in [0, 0.1) is 0 Å². The quantitative estimate of drug-likeness (QED) is 0.664. The van der Waals surface area contributed by atoms with Gasteiger partial charge < -0.3 is 5.32 Å². The van der Waals surface area contributed by atoms with Crippen LogP contribution in [0.5, 0.6) is 0 Å². The van der Waals surface area contributed by atoms with Crippen molar-refractivity contribution in [1.29, 1.82) is 0 Å². The summed E-state index contributed by atoms with van der Waals surface area (Å²) < 4.78 is 0. The molecule has 0 heterocycles. The molecule has 0 saturated carbocycles. The second-order valence-electron chi connectivity index (χ2n) is 4.22. The van der Waals surface area contributed by atoms with Crippen molar-refractivity contribution in [2.75, 3.05) is 18.1 Å². The first-order valence-corrected chi connectivity index (χ1v) is 8.36. The lowest BCUT2D eigenvalue weighted by molar-refractivity contribution is 0.577. The molecular weight excluding hydrogens is 285 g/mol. The summed E-state index contributed by atoms with van der Waals surface area (Å²) in [5, 5.41) is 4.87. The molecule has 1 aromatic rings. The lowest BCUT2D eigenvalue weighted by atomic mass is 10.1. The van der Waals surface area contributed by atoms with E-state index in [2.05, 4.69) is 25.2 Å². The third-order valence-corrected chi connectivity index (χ3v) is 4.73. The molecule has 0 spiro atoms. The van der Waals surface area contributed by atoms with E-state index in [1.54, 1.807) is 0 Å². The molecule has 1 atom stereocenters. The third kappa shape index (κ3) is 5.00. The highest BCUT2D eigenvalue weighted by molar-refractivity contribution is 7.99. The molecule has 0 bridgehead atoms. The first kappa shape index (κ1) is 16.2. The molecule has 1 aromatic carbocycles. The Balaban J connectivity index is 2.76. The minimum atomic E-state index is 0.285. The van der Waals surface area contributed by atoms with Crippen molar-refractivity contribution < 1.29 is 0 Å². The maximum absolute atomic E-state index is 6.30. The maximum Gasteiger partial charge on any atom is 0.0640 e. The van der Waals surface area contributed by atoms with E-state index in [4.69, 9.17) is 23.2 Å². The van der Waals surface area contributed by atoms with E-state index < -0.39 is 0 Å². The van der Waals surface area contributed by atoms with E-state index in [1.807, 2.05) is 23.9 Å². The van der Waals surface area contributed by atoms with Crippen molar-refractivity contribution in [3.8, 4) is 0 Å². The number of hydrogen-bond acceptors (Lipinski definition) is 2. The van der Waals surface area contributed by atoms with Crippen LogP contribution in [-0.2, 0) is 0 Å². The van der Waals surface area contributed by atoms with E-state index in [9.17, 15) is 0 Å². The predicted octanol–water partition coefficient (Wildman–Crippen LogP) is 5.18. The molecule has 1 nitrogen and oxygen atoms in total. The van der Waals surface area contributed by atoms with Gasteiger partial charge in [0.05, 0.1) is 10.0 Å². The van der Waals surface area contributed by atoms with Gasteiger partial charge in [-0.1, -0.05) is 49.2 Å². The van der Waals surface area contributed by atoms with Crippen molar-refractivity contribution >= 4 is 35.0 Å². The molecule has 0 aliphatic heterocycles. The summed E-state index contributed by atoms with van der Waals surface area (Å²) in [7, 11) is 0. The average molecular weight is 306 g/mol. The molecule has 1 unspecified atom stereocenters. The van der Waals surface area contributed by atoms with Crippen molar-refractivity contribution in [3.05, 3.63) is 33.8 Å². The fourth-order valence-corrected chi connectivity index (χ4v) is 3.14. The van der Waals surface area contributed by atoms with Gasteiger partial charge in [0.2, 0.25) is 0 Å². The van der Waals surface area contributed by atoms with Gasteiger partial charge in [-0.25, -0.2) is 0 Å². The summed E-state index contributed by atoms with van der Waals surface area (Å²) in [4.78, 5) is 0. The SMILES string of the molecule is CCCNC(CSCCC)c1cccc(Cl)c1Cl. The zero-order valence-electron chi connectivity index (χ0n) is 11.0. The molecule has 102 valence electrons. The van der Waals surface area contributed by atoms with Crippen LogP contribution in [0.3, 0.4) is 0 Å². The maximum atomic E-state index is 6.30. The topological polar surface area (TPSA) is 12.0 Å². The standard InChI is InChI=1S/C14H21Cl2NS/c1-3-8-17-13(10-18-9-4-2)11-6-5-7-12(15)14(11)16/h5-7,13,17H,3-4,8-10H2,1-2H3. The minimum absolute atomic E-state index is 0.285. The highest BCUT2D eigenvalue weighted by Crippen LogP contribution is 2.31. The lowest BCUT2D eigenvalue weighted by Gasteiger charge is -2.20. The van der Waals surface area contributed by atoms with E-state index in [-0.39, 0.29) is 6.04 Å². The Hall–Kier alpha value is 0.110. The van der Waals surface area contributed by atoms with Gasteiger partial charge in [0.25, 0.3) is 0 Å². The van der Waals surface area contributed by atoms with E-state index in [0.717, 1.165) is 24.3 Å². The number of hydrogen-bond donors (Lipinski definition) is 1. The molecule has 0 aromatic heterocycles. The molecule has 0 aliphatic carbocycles. The van der Waals surface area contributed by atoms with Crippen LogP contribution in [0.25, 0.3) is 0 Å². The van der Waals surface area contributed by atoms with Gasteiger partial charge in [0.15, 0.2) is 0 Å². The number of rotatable bonds is 8. The fourth-order valence-electron chi connectivity index (χ4n) is 1.71. The molecule has 1 rings (SSSR count). The molecular formula is C14H21Cl2NS. The number of halogens is 2. The van der Waals surface area contributed by atoms with E-state index >= 15 is 0 Å². The zero-order chi connectivity index (χ0) is 13.4. The molecule has 0 fully saturated rings. The summed E-state index contributed by atoms with van der Waals surface area (Å²) in [5.74, 6) is 2.22.